The summed E-state index contributed by atoms with van der Waals surface area (Å²) in [5, 5.41) is 0. The summed E-state index contributed by atoms with van der Waals surface area (Å²) in [5.41, 5.74) is 6.01. The lowest BCUT2D eigenvalue weighted by Gasteiger charge is -2.41. The fraction of sp³-hybridized carbons (Fsp3) is 0.600. The predicted octanol–water partition coefficient (Wildman–Crippen LogP) is 3.88. The maximum absolute atomic E-state index is 14.2. The zero-order chi connectivity index (χ0) is 13.5. The quantitative estimate of drug-likeness (QED) is 0.807. The fourth-order valence-corrected chi connectivity index (χ4v) is 2.99. The van der Waals surface area contributed by atoms with Crippen LogP contribution < -0.4 is 5.73 Å². The summed E-state index contributed by atoms with van der Waals surface area (Å²) in [6.45, 7) is 5.93. The van der Waals surface area contributed by atoms with Crippen LogP contribution in [-0.4, -0.2) is 0 Å². The highest BCUT2D eigenvalue weighted by Crippen LogP contribution is 2.42. The van der Waals surface area contributed by atoms with Crippen LogP contribution in [0.2, 0.25) is 0 Å². The smallest absolute Gasteiger partial charge is 0.134 e. The Hall–Kier alpha value is -0.960. The maximum atomic E-state index is 14.2. The van der Waals surface area contributed by atoms with E-state index < -0.39 is 17.2 Å². The molecule has 18 heavy (non-hydrogen) atoms. The Morgan fingerprint density at radius 1 is 1.22 bits per heavy atom. The van der Waals surface area contributed by atoms with Gasteiger partial charge in [-0.1, -0.05) is 19.9 Å². The van der Waals surface area contributed by atoms with E-state index in [1.807, 2.05) is 0 Å². The second kappa shape index (κ2) is 4.61. The zero-order valence-corrected chi connectivity index (χ0v) is 11.3. The third kappa shape index (κ3) is 2.16. The molecule has 0 radical (unpaired) electrons. The molecule has 1 fully saturated rings. The second-order valence-corrected chi connectivity index (χ2v) is 5.91. The molecule has 1 nitrogen and oxygen atoms in total. The molecule has 3 heteroatoms. The standard InChI is InChI=1S/C15H21F2N/c1-9-6-7-15(18,8-11(9)3)13-12(16)5-4-10(2)14(13)17/h4-5,9,11H,6-8,18H2,1-3H3. The molecule has 2 rings (SSSR count). The van der Waals surface area contributed by atoms with Gasteiger partial charge in [0.25, 0.3) is 0 Å². The Morgan fingerprint density at radius 3 is 2.50 bits per heavy atom. The van der Waals surface area contributed by atoms with E-state index in [2.05, 4.69) is 13.8 Å². The van der Waals surface area contributed by atoms with Crippen LogP contribution in [0, 0.1) is 30.4 Å². The molecule has 1 saturated carbocycles. The van der Waals surface area contributed by atoms with Gasteiger partial charge in [0, 0.05) is 11.1 Å². The Morgan fingerprint density at radius 2 is 1.89 bits per heavy atom. The van der Waals surface area contributed by atoms with Gasteiger partial charge in [-0.15, -0.1) is 0 Å². The molecule has 100 valence electrons. The minimum absolute atomic E-state index is 0.0845. The Labute approximate surface area is 107 Å². The molecule has 0 bridgehead atoms. The number of rotatable bonds is 1. The van der Waals surface area contributed by atoms with E-state index in [-0.39, 0.29) is 5.56 Å². The molecular weight excluding hydrogens is 232 g/mol. The number of hydrogen-bond donors (Lipinski definition) is 1. The van der Waals surface area contributed by atoms with Crippen molar-refractivity contribution in [1.82, 2.24) is 0 Å². The number of aryl methyl sites for hydroxylation is 1. The summed E-state index contributed by atoms with van der Waals surface area (Å²) in [6, 6.07) is 2.79. The van der Waals surface area contributed by atoms with Crippen LogP contribution in [0.4, 0.5) is 8.78 Å². The Balaban J connectivity index is 2.45. The van der Waals surface area contributed by atoms with E-state index in [1.165, 1.54) is 12.1 Å². The SMILES string of the molecule is Cc1ccc(F)c(C2(N)CCC(C)C(C)C2)c1F. The van der Waals surface area contributed by atoms with Crippen molar-refractivity contribution in [1.29, 1.82) is 0 Å². The summed E-state index contributed by atoms with van der Waals surface area (Å²) in [5.74, 6) is -0.0257. The van der Waals surface area contributed by atoms with Gasteiger partial charge in [0.2, 0.25) is 0 Å². The molecule has 1 aromatic rings. The van der Waals surface area contributed by atoms with Crippen molar-refractivity contribution < 1.29 is 8.78 Å². The van der Waals surface area contributed by atoms with Gasteiger partial charge < -0.3 is 5.73 Å². The highest BCUT2D eigenvalue weighted by atomic mass is 19.1. The Kier molecular flexibility index (Phi) is 3.45. The molecular formula is C15H21F2N. The zero-order valence-electron chi connectivity index (χ0n) is 11.3. The van der Waals surface area contributed by atoms with Gasteiger partial charge in [0.1, 0.15) is 11.6 Å². The van der Waals surface area contributed by atoms with E-state index >= 15 is 0 Å². The van der Waals surface area contributed by atoms with Crippen LogP contribution >= 0.6 is 0 Å². The van der Waals surface area contributed by atoms with E-state index in [0.29, 0.717) is 30.2 Å². The lowest BCUT2D eigenvalue weighted by Crippen LogP contribution is -2.44. The molecule has 0 aliphatic heterocycles. The summed E-state index contributed by atoms with van der Waals surface area (Å²) < 4.78 is 28.2. The molecule has 0 aromatic heterocycles. The molecule has 3 atom stereocenters. The highest BCUT2D eigenvalue weighted by molar-refractivity contribution is 5.33. The summed E-state index contributed by atoms with van der Waals surface area (Å²) in [7, 11) is 0. The topological polar surface area (TPSA) is 26.0 Å². The minimum atomic E-state index is -0.855. The van der Waals surface area contributed by atoms with Gasteiger partial charge in [0.05, 0.1) is 0 Å². The van der Waals surface area contributed by atoms with E-state index in [9.17, 15) is 8.78 Å². The molecule has 0 heterocycles. The van der Waals surface area contributed by atoms with Crippen LogP contribution in [0.25, 0.3) is 0 Å². The molecule has 0 saturated heterocycles. The lowest BCUT2D eigenvalue weighted by atomic mass is 9.68. The minimum Gasteiger partial charge on any atom is -0.321 e. The van der Waals surface area contributed by atoms with Crippen LogP contribution in [-0.2, 0) is 5.54 Å². The third-order valence-corrected chi connectivity index (χ3v) is 4.49. The van der Waals surface area contributed by atoms with Gasteiger partial charge in [-0.05, 0) is 49.7 Å². The van der Waals surface area contributed by atoms with E-state index in [1.54, 1.807) is 6.92 Å². The Bertz CT molecular complexity index is 458. The third-order valence-electron chi connectivity index (χ3n) is 4.49. The van der Waals surface area contributed by atoms with E-state index in [4.69, 9.17) is 5.73 Å². The second-order valence-electron chi connectivity index (χ2n) is 5.91. The largest absolute Gasteiger partial charge is 0.321 e. The molecule has 2 N–H and O–H groups in total. The number of benzene rings is 1. The molecule has 3 unspecified atom stereocenters. The van der Waals surface area contributed by atoms with Crippen LogP contribution in [0.1, 0.15) is 44.2 Å². The predicted molar refractivity (Wildman–Crippen MR) is 69.1 cm³/mol. The van der Waals surface area contributed by atoms with Gasteiger partial charge in [0.15, 0.2) is 0 Å². The van der Waals surface area contributed by atoms with Crippen LogP contribution in [0.15, 0.2) is 12.1 Å². The summed E-state index contributed by atoms with van der Waals surface area (Å²) >= 11 is 0. The highest BCUT2D eigenvalue weighted by Gasteiger charge is 2.39. The molecule has 1 aromatic carbocycles. The first-order valence-electron chi connectivity index (χ1n) is 6.59. The van der Waals surface area contributed by atoms with Crippen molar-refractivity contribution in [2.75, 3.05) is 0 Å². The van der Waals surface area contributed by atoms with E-state index in [0.717, 1.165) is 6.42 Å². The summed E-state index contributed by atoms with van der Waals surface area (Å²) in [4.78, 5) is 0. The average molecular weight is 253 g/mol. The number of hydrogen-bond acceptors (Lipinski definition) is 1. The first kappa shape index (κ1) is 13.5. The first-order chi connectivity index (χ1) is 8.35. The maximum Gasteiger partial charge on any atom is 0.134 e. The fourth-order valence-electron chi connectivity index (χ4n) is 2.99. The van der Waals surface area contributed by atoms with Crippen molar-refractivity contribution in [3.63, 3.8) is 0 Å². The van der Waals surface area contributed by atoms with Gasteiger partial charge >= 0.3 is 0 Å². The van der Waals surface area contributed by atoms with Crippen molar-refractivity contribution >= 4 is 0 Å². The van der Waals surface area contributed by atoms with Crippen LogP contribution in [0.5, 0.6) is 0 Å². The summed E-state index contributed by atoms with van der Waals surface area (Å²) in [6.07, 6.45) is 2.21. The molecule has 1 aliphatic rings. The van der Waals surface area contributed by atoms with Gasteiger partial charge in [-0.2, -0.15) is 0 Å². The molecule has 0 amide bonds. The first-order valence-corrected chi connectivity index (χ1v) is 6.59. The number of nitrogens with two attached hydrogens (primary N) is 1. The van der Waals surface area contributed by atoms with Gasteiger partial charge in [-0.3, -0.25) is 0 Å². The van der Waals surface area contributed by atoms with Gasteiger partial charge in [-0.25, -0.2) is 8.78 Å². The van der Waals surface area contributed by atoms with Crippen molar-refractivity contribution in [3.8, 4) is 0 Å². The van der Waals surface area contributed by atoms with Crippen molar-refractivity contribution in [2.24, 2.45) is 17.6 Å². The average Bonchev–Trinajstić information content (AvgIpc) is 2.30. The van der Waals surface area contributed by atoms with Crippen molar-refractivity contribution in [3.05, 3.63) is 34.9 Å². The molecule has 1 aliphatic carbocycles. The van der Waals surface area contributed by atoms with Crippen LogP contribution in [0.3, 0.4) is 0 Å². The molecule has 0 spiro atoms. The normalized spacial score (nSPS) is 32.6. The lowest BCUT2D eigenvalue weighted by molar-refractivity contribution is 0.169. The number of halogens is 2. The monoisotopic (exact) mass is 253 g/mol. The van der Waals surface area contributed by atoms with Crippen molar-refractivity contribution in [2.45, 2.75) is 45.6 Å².